The molecule has 148 valence electrons. The van der Waals surface area contributed by atoms with Crippen LogP contribution in [0.15, 0.2) is 24.3 Å². The van der Waals surface area contributed by atoms with Gasteiger partial charge in [-0.15, -0.1) is 0 Å². The van der Waals surface area contributed by atoms with Gasteiger partial charge in [-0.05, 0) is 32.3 Å². The van der Waals surface area contributed by atoms with Crippen LogP contribution in [-0.2, 0) is 19.7 Å². The second kappa shape index (κ2) is 8.30. The molecule has 1 N–H and O–H groups in total. The summed E-state index contributed by atoms with van der Waals surface area (Å²) in [6.45, 7) is 6.20. The predicted octanol–water partition coefficient (Wildman–Crippen LogP) is 2.70. The zero-order chi connectivity index (χ0) is 19.4. The van der Waals surface area contributed by atoms with Crippen LogP contribution in [0, 0.1) is 11.8 Å². The fourth-order valence-electron chi connectivity index (χ4n) is 4.11. The van der Waals surface area contributed by atoms with Crippen molar-refractivity contribution in [1.82, 2.24) is 4.90 Å². The first-order chi connectivity index (χ1) is 13.0. The lowest BCUT2D eigenvalue weighted by Crippen LogP contribution is -2.40. The van der Waals surface area contributed by atoms with Crippen molar-refractivity contribution in [2.24, 2.45) is 11.8 Å². The van der Waals surface area contributed by atoms with Gasteiger partial charge in [0.1, 0.15) is 5.75 Å². The van der Waals surface area contributed by atoms with Crippen molar-refractivity contribution >= 4 is 11.9 Å². The summed E-state index contributed by atoms with van der Waals surface area (Å²) in [7, 11) is 0. The molecule has 1 saturated carbocycles. The predicted molar refractivity (Wildman–Crippen MR) is 101 cm³/mol. The van der Waals surface area contributed by atoms with E-state index >= 15 is 0 Å². The summed E-state index contributed by atoms with van der Waals surface area (Å²) < 4.78 is 11.1. The lowest BCUT2D eigenvalue weighted by molar-refractivity contribution is -0.143. The Morgan fingerprint density at radius 1 is 1.41 bits per heavy atom. The molecular weight excluding hydrogens is 346 g/mol. The molecule has 1 aromatic rings. The molecule has 0 radical (unpaired) electrons. The molecule has 27 heavy (non-hydrogen) atoms. The molecule has 6 nitrogen and oxygen atoms in total. The largest absolute Gasteiger partial charge is 0.493 e. The molecule has 1 amide bonds. The quantitative estimate of drug-likeness (QED) is 0.672. The van der Waals surface area contributed by atoms with Crippen LogP contribution in [0.4, 0.5) is 0 Å². The standard InChI is InChI=1S/C21H29NO5/c1-3-26-11-6-10-22(14-15(2)20(24)25)19(23)17-13-21(17)9-12-27-18-8-5-4-7-16(18)21/h4-5,7-8,15,17H,3,6,9-14H2,1-2H3,(H,24,25)/t15?,17-,21-/m0/s1. The molecule has 1 aliphatic carbocycles. The van der Waals surface area contributed by atoms with E-state index in [9.17, 15) is 14.7 Å². The molecule has 3 rings (SSSR count). The van der Waals surface area contributed by atoms with Crippen LogP contribution in [0.25, 0.3) is 0 Å². The Morgan fingerprint density at radius 3 is 2.93 bits per heavy atom. The molecule has 1 aromatic carbocycles. The lowest BCUT2D eigenvalue weighted by Gasteiger charge is -2.29. The average molecular weight is 375 g/mol. The summed E-state index contributed by atoms with van der Waals surface area (Å²) in [5, 5.41) is 9.27. The second-order valence-corrected chi connectivity index (χ2v) is 7.58. The van der Waals surface area contributed by atoms with Gasteiger partial charge in [0.2, 0.25) is 5.91 Å². The summed E-state index contributed by atoms with van der Waals surface area (Å²) in [6.07, 6.45) is 2.36. The van der Waals surface area contributed by atoms with Crippen LogP contribution >= 0.6 is 0 Å². The third kappa shape index (κ3) is 4.10. The van der Waals surface area contributed by atoms with Crippen LogP contribution < -0.4 is 4.74 Å². The normalized spacial score (nSPS) is 24.0. The van der Waals surface area contributed by atoms with E-state index in [1.165, 1.54) is 0 Å². The number of hydrogen-bond donors (Lipinski definition) is 1. The number of para-hydroxylation sites is 1. The summed E-state index contributed by atoms with van der Waals surface area (Å²) in [5.41, 5.74) is 0.978. The molecule has 0 bridgehead atoms. The number of amides is 1. The number of benzene rings is 1. The highest BCUT2D eigenvalue weighted by Crippen LogP contribution is 2.61. The van der Waals surface area contributed by atoms with Gasteiger partial charge < -0.3 is 19.5 Å². The van der Waals surface area contributed by atoms with Crippen molar-refractivity contribution in [3.63, 3.8) is 0 Å². The zero-order valence-corrected chi connectivity index (χ0v) is 16.1. The third-order valence-corrected chi connectivity index (χ3v) is 5.75. The first-order valence-electron chi connectivity index (χ1n) is 9.81. The highest BCUT2D eigenvalue weighted by Gasteiger charge is 2.61. The van der Waals surface area contributed by atoms with E-state index in [2.05, 4.69) is 6.07 Å². The number of carbonyl (C=O) groups excluding carboxylic acids is 1. The molecule has 1 fully saturated rings. The fraction of sp³-hybridized carbons (Fsp3) is 0.619. The minimum absolute atomic E-state index is 0.0660. The Morgan fingerprint density at radius 2 is 2.19 bits per heavy atom. The Bertz CT molecular complexity index is 691. The van der Waals surface area contributed by atoms with E-state index in [-0.39, 0.29) is 23.8 Å². The molecule has 2 aliphatic rings. The number of ether oxygens (including phenoxy) is 2. The van der Waals surface area contributed by atoms with Gasteiger partial charge in [0, 0.05) is 43.2 Å². The molecule has 1 heterocycles. The van der Waals surface area contributed by atoms with Crippen molar-refractivity contribution in [2.45, 2.75) is 38.5 Å². The molecule has 6 heteroatoms. The van der Waals surface area contributed by atoms with E-state index in [0.29, 0.717) is 32.8 Å². The van der Waals surface area contributed by atoms with Gasteiger partial charge in [0.05, 0.1) is 12.5 Å². The summed E-state index contributed by atoms with van der Waals surface area (Å²) >= 11 is 0. The van der Waals surface area contributed by atoms with Crippen LogP contribution in [0.3, 0.4) is 0 Å². The van der Waals surface area contributed by atoms with Gasteiger partial charge in [-0.1, -0.05) is 25.1 Å². The van der Waals surface area contributed by atoms with Gasteiger partial charge in [-0.2, -0.15) is 0 Å². The minimum atomic E-state index is -0.875. The first-order valence-corrected chi connectivity index (χ1v) is 9.81. The van der Waals surface area contributed by atoms with Crippen LogP contribution in [0.5, 0.6) is 5.75 Å². The van der Waals surface area contributed by atoms with Crippen molar-refractivity contribution in [1.29, 1.82) is 0 Å². The fourth-order valence-corrected chi connectivity index (χ4v) is 4.11. The van der Waals surface area contributed by atoms with Gasteiger partial charge in [0.15, 0.2) is 0 Å². The highest BCUT2D eigenvalue weighted by molar-refractivity contribution is 5.85. The Hall–Kier alpha value is -2.08. The van der Waals surface area contributed by atoms with E-state index in [1.807, 2.05) is 25.1 Å². The SMILES string of the molecule is CCOCCCN(CC(C)C(=O)O)C(=O)[C@@H]1C[C@]12CCOc1ccccc12. The molecule has 0 saturated heterocycles. The van der Waals surface area contributed by atoms with Crippen molar-refractivity contribution < 1.29 is 24.2 Å². The maximum absolute atomic E-state index is 13.3. The van der Waals surface area contributed by atoms with E-state index in [4.69, 9.17) is 9.47 Å². The maximum atomic E-state index is 13.3. The number of nitrogens with zero attached hydrogens (tertiary/aromatic N) is 1. The third-order valence-electron chi connectivity index (χ3n) is 5.75. The molecule has 1 unspecified atom stereocenters. The number of carboxylic acid groups (broad SMARTS) is 1. The second-order valence-electron chi connectivity index (χ2n) is 7.58. The van der Waals surface area contributed by atoms with E-state index in [0.717, 1.165) is 24.2 Å². The van der Waals surface area contributed by atoms with Crippen molar-refractivity contribution in [2.75, 3.05) is 32.9 Å². The Kier molecular flexibility index (Phi) is 6.05. The van der Waals surface area contributed by atoms with Crippen LogP contribution in [0.1, 0.15) is 38.7 Å². The highest BCUT2D eigenvalue weighted by atomic mass is 16.5. The number of fused-ring (bicyclic) bond motifs is 2. The Balaban J connectivity index is 1.72. The number of rotatable bonds is 9. The van der Waals surface area contributed by atoms with Gasteiger partial charge >= 0.3 is 5.97 Å². The van der Waals surface area contributed by atoms with Gasteiger partial charge in [-0.25, -0.2) is 0 Å². The molecule has 1 aliphatic heterocycles. The van der Waals surface area contributed by atoms with Crippen LogP contribution in [-0.4, -0.2) is 54.8 Å². The number of carboxylic acids is 1. The number of aliphatic carboxylic acids is 1. The van der Waals surface area contributed by atoms with Crippen LogP contribution in [0.2, 0.25) is 0 Å². The smallest absolute Gasteiger partial charge is 0.308 e. The zero-order valence-electron chi connectivity index (χ0n) is 16.1. The van der Waals surface area contributed by atoms with Crippen molar-refractivity contribution in [3.05, 3.63) is 29.8 Å². The molecular formula is C21H29NO5. The minimum Gasteiger partial charge on any atom is -0.493 e. The maximum Gasteiger partial charge on any atom is 0.308 e. The molecule has 1 spiro atoms. The molecule has 3 atom stereocenters. The van der Waals surface area contributed by atoms with Gasteiger partial charge in [0.25, 0.3) is 0 Å². The number of carbonyl (C=O) groups is 2. The van der Waals surface area contributed by atoms with Gasteiger partial charge in [-0.3, -0.25) is 9.59 Å². The number of hydrogen-bond acceptors (Lipinski definition) is 4. The summed E-state index contributed by atoms with van der Waals surface area (Å²) in [4.78, 5) is 26.3. The lowest BCUT2D eigenvalue weighted by atomic mass is 9.87. The monoisotopic (exact) mass is 375 g/mol. The summed E-state index contributed by atoms with van der Waals surface area (Å²) in [5.74, 6) is -0.606. The summed E-state index contributed by atoms with van der Waals surface area (Å²) in [6, 6.07) is 7.96. The molecule has 0 aromatic heterocycles. The first kappa shape index (κ1) is 19.7. The Labute approximate surface area is 160 Å². The topological polar surface area (TPSA) is 76.1 Å². The van der Waals surface area contributed by atoms with E-state index < -0.39 is 11.9 Å². The average Bonchev–Trinajstić information content (AvgIpc) is 3.38. The van der Waals surface area contributed by atoms with Crippen molar-refractivity contribution in [3.8, 4) is 5.75 Å². The van der Waals surface area contributed by atoms with E-state index in [1.54, 1.807) is 11.8 Å².